The van der Waals surface area contributed by atoms with Crippen LogP contribution in [-0.2, 0) is 0 Å². The zero-order valence-electron chi connectivity index (χ0n) is 12.2. The van der Waals surface area contributed by atoms with Gasteiger partial charge in [0.25, 0.3) is 5.91 Å². The largest absolute Gasteiger partial charge is 0.480 e. The predicted molar refractivity (Wildman–Crippen MR) is 77.8 cm³/mol. The molecule has 1 atom stereocenters. The first-order valence-corrected chi connectivity index (χ1v) is 6.98. The smallest absolute Gasteiger partial charge is 0.255 e. The second-order valence-electron chi connectivity index (χ2n) is 4.92. The van der Waals surface area contributed by atoms with E-state index in [-0.39, 0.29) is 12.0 Å². The summed E-state index contributed by atoms with van der Waals surface area (Å²) in [6.45, 7) is 1.17. The molecule has 1 aliphatic heterocycles. The van der Waals surface area contributed by atoms with Crippen LogP contribution < -0.4 is 9.47 Å². The number of aromatic nitrogens is 3. The lowest BCUT2D eigenvalue weighted by atomic mass is 10.2. The second kappa shape index (κ2) is 6.38. The molecule has 22 heavy (non-hydrogen) atoms. The Morgan fingerprint density at radius 2 is 2.14 bits per heavy atom. The third-order valence-electron chi connectivity index (χ3n) is 3.43. The highest BCUT2D eigenvalue weighted by Gasteiger charge is 2.28. The third-order valence-corrected chi connectivity index (χ3v) is 3.43. The first-order valence-electron chi connectivity index (χ1n) is 6.98. The van der Waals surface area contributed by atoms with Crippen molar-refractivity contribution < 1.29 is 14.3 Å². The average molecular weight is 300 g/mol. The van der Waals surface area contributed by atoms with Gasteiger partial charge in [-0.1, -0.05) is 0 Å². The number of ether oxygens (including phenoxy) is 2. The molecule has 3 heterocycles. The van der Waals surface area contributed by atoms with Gasteiger partial charge in [0, 0.05) is 25.4 Å². The summed E-state index contributed by atoms with van der Waals surface area (Å²) >= 11 is 0. The van der Waals surface area contributed by atoms with Gasteiger partial charge in [-0.2, -0.15) is 4.98 Å². The lowest BCUT2D eigenvalue weighted by molar-refractivity contribution is 0.0770. The number of carbonyl (C=O) groups is 1. The minimum Gasteiger partial charge on any atom is -0.480 e. The molecule has 1 amide bonds. The van der Waals surface area contributed by atoms with Crippen LogP contribution in [0.1, 0.15) is 16.8 Å². The Bertz CT molecular complexity index is 650. The van der Waals surface area contributed by atoms with E-state index >= 15 is 0 Å². The molecule has 1 fully saturated rings. The molecule has 0 aromatic carbocycles. The van der Waals surface area contributed by atoms with Crippen molar-refractivity contribution in [2.45, 2.75) is 12.5 Å². The first kappa shape index (κ1) is 14.2. The van der Waals surface area contributed by atoms with Gasteiger partial charge in [-0.05, 0) is 12.1 Å². The van der Waals surface area contributed by atoms with Crippen molar-refractivity contribution >= 4 is 5.91 Å². The van der Waals surface area contributed by atoms with Crippen molar-refractivity contribution in [2.24, 2.45) is 0 Å². The molecule has 7 heteroatoms. The van der Waals surface area contributed by atoms with E-state index < -0.39 is 0 Å². The topological polar surface area (TPSA) is 77.4 Å². The summed E-state index contributed by atoms with van der Waals surface area (Å²) in [6.07, 6.45) is 6.93. The van der Waals surface area contributed by atoms with Crippen LogP contribution in [0.5, 0.6) is 11.8 Å². The highest BCUT2D eigenvalue weighted by molar-refractivity contribution is 5.94. The van der Waals surface area contributed by atoms with Gasteiger partial charge in [-0.3, -0.25) is 14.8 Å². The highest BCUT2D eigenvalue weighted by atomic mass is 16.5. The molecule has 0 N–H and O–H groups in total. The molecule has 0 radical (unpaired) electrons. The number of methoxy groups -OCH3 is 1. The lowest BCUT2D eigenvalue weighted by Gasteiger charge is -2.16. The lowest BCUT2D eigenvalue weighted by Crippen LogP contribution is -2.31. The molecule has 1 unspecified atom stereocenters. The van der Waals surface area contributed by atoms with Gasteiger partial charge < -0.3 is 14.4 Å². The van der Waals surface area contributed by atoms with Crippen LogP contribution in [0, 0.1) is 0 Å². The molecule has 0 saturated carbocycles. The maximum atomic E-state index is 12.3. The zero-order chi connectivity index (χ0) is 15.4. The molecular formula is C15H16N4O3. The van der Waals surface area contributed by atoms with Crippen LogP contribution in [0.2, 0.25) is 0 Å². The first-order chi connectivity index (χ1) is 10.8. The van der Waals surface area contributed by atoms with Crippen LogP contribution in [-0.4, -0.2) is 52.1 Å². The van der Waals surface area contributed by atoms with Gasteiger partial charge in [0.2, 0.25) is 11.8 Å². The zero-order valence-corrected chi connectivity index (χ0v) is 12.2. The number of amides is 1. The monoisotopic (exact) mass is 300 g/mol. The van der Waals surface area contributed by atoms with Crippen molar-refractivity contribution in [1.29, 1.82) is 0 Å². The summed E-state index contributed by atoms with van der Waals surface area (Å²) in [5, 5.41) is 0. The van der Waals surface area contributed by atoms with E-state index in [0.717, 1.165) is 6.42 Å². The molecule has 7 nitrogen and oxygen atoms in total. The second-order valence-corrected chi connectivity index (χ2v) is 4.92. The number of carbonyl (C=O) groups excluding carboxylic acids is 1. The summed E-state index contributed by atoms with van der Waals surface area (Å²) in [6, 6.07) is 3.51. The standard InChI is InChI=1S/C15H16N4O3/c1-21-13-8-17-9-14(18-13)22-12-4-6-19(10-12)15(20)11-3-2-5-16-7-11/h2-3,5,7-9,12H,4,6,10H2,1H3. The van der Waals surface area contributed by atoms with E-state index in [1.165, 1.54) is 19.5 Å². The number of likely N-dealkylation sites (tertiary alicyclic amines) is 1. The summed E-state index contributed by atoms with van der Waals surface area (Å²) in [7, 11) is 1.53. The average Bonchev–Trinajstić information content (AvgIpc) is 3.03. The molecular weight excluding hydrogens is 284 g/mol. The summed E-state index contributed by atoms with van der Waals surface area (Å²) < 4.78 is 10.8. The van der Waals surface area contributed by atoms with Crippen LogP contribution in [0.3, 0.4) is 0 Å². The van der Waals surface area contributed by atoms with Crippen molar-refractivity contribution in [3.8, 4) is 11.8 Å². The van der Waals surface area contributed by atoms with Crippen LogP contribution >= 0.6 is 0 Å². The maximum Gasteiger partial charge on any atom is 0.255 e. The molecule has 0 aliphatic carbocycles. The molecule has 3 rings (SSSR count). The van der Waals surface area contributed by atoms with Gasteiger partial charge in [-0.25, -0.2) is 0 Å². The summed E-state index contributed by atoms with van der Waals surface area (Å²) in [5.41, 5.74) is 0.587. The van der Waals surface area contributed by atoms with E-state index in [0.29, 0.717) is 30.4 Å². The minimum atomic E-state index is -0.0953. The predicted octanol–water partition coefficient (Wildman–Crippen LogP) is 1.17. The number of hydrogen-bond donors (Lipinski definition) is 0. The summed E-state index contributed by atoms with van der Waals surface area (Å²) in [5.74, 6) is 0.773. The molecule has 0 bridgehead atoms. The Kier molecular flexibility index (Phi) is 4.13. The molecule has 2 aromatic rings. The number of rotatable bonds is 4. The van der Waals surface area contributed by atoms with Crippen molar-refractivity contribution in [1.82, 2.24) is 19.9 Å². The highest BCUT2D eigenvalue weighted by Crippen LogP contribution is 2.19. The van der Waals surface area contributed by atoms with Gasteiger partial charge >= 0.3 is 0 Å². The van der Waals surface area contributed by atoms with Crippen molar-refractivity contribution in [3.05, 3.63) is 42.5 Å². The Labute approximate surface area is 127 Å². The Morgan fingerprint density at radius 1 is 1.27 bits per heavy atom. The Balaban J connectivity index is 1.61. The Hall–Kier alpha value is -2.70. The molecule has 114 valence electrons. The van der Waals surface area contributed by atoms with Crippen LogP contribution in [0.4, 0.5) is 0 Å². The quantitative estimate of drug-likeness (QED) is 0.843. The van der Waals surface area contributed by atoms with E-state index in [2.05, 4.69) is 15.0 Å². The van der Waals surface area contributed by atoms with Crippen LogP contribution in [0.15, 0.2) is 36.9 Å². The SMILES string of the molecule is COc1cncc(OC2CCN(C(=O)c3cccnc3)C2)n1. The number of hydrogen-bond acceptors (Lipinski definition) is 6. The fraction of sp³-hybridized carbons (Fsp3) is 0.333. The van der Waals surface area contributed by atoms with E-state index in [4.69, 9.17) is 9.47 Å². The number of nitrogens with zero attached hydrogens (tertiary/aromatic N) is 4. The Morgan fingerprint density at radius 3 is 2.91 bits per heavy atom. The number of pyridine rings is 1. The van der Waals surface area contributed by atoms with Crippen molar-refractivity contribution in [2.75, 3.05) is 20.2 Å². The van der Waals surface area contributed by atoms with Crippen LogP contribution in [0.25, 0.3) is 0 Å². The van der Waals surface area contributed by atoms with Gasteiger partial charge in [0.05, 0.1) is 31.6 Å². The fourth-order valence-electron chi connectivity index (χ4n) is 2.34. The molecule has 0 spiro atoms. The van der Waals surface area contributed by atoms with Gasteiger partial charge in [0.15, 0.2) is 0 Å². The molecule has 1 aliphatic rings. The molecule has 2 aromatic heterocycles. The van der Waals surface area contributed by atoms with E-state index in [1.54, 1.807) is 29.4 Å². The third kappa shape index (κ3) is 3.13. The normalized spacial score (nSPS) is 17.3. The minimum absolute atomic E-state index is 0.0315. The maximum absolute atomic E-state index is 12.3. The van der Waals surface area contributed by atoms with Crippen molar-refractivity contribution in [3.63, 3.8) is 0 Å². The van der Waals surface area contributed by atoms with E-state index in [9.17, 15) is 4.79 Å². The van der Waals surface area contributed by atoms with Gasteiger partial charge in [0.1, 0.15) is 6.10 Å². The summed E-state index contributed by atoms with van der Waals surface area (Å²) in [4.78, 5) is 26.2. The van der Waals surface area contributed by atoms with E-state index in [1.807, 2.05) is 0 Å². The fourth-order valence-corrected chi connectivity index (χ4v) is 2.34. The van der Waals surface area contributed by atoms with Gasteiger partial charge in [-0.15, -0.1) is 0 Å². The molecule has 1 saturated heterocycles.